The molecule has 0 aliphatic rings. The minimum Gasteiger partial charge on any atom is -1.00 e. The smallest absolute Gasteiger partial charge is 1.00 e. The number of Topliss-reactive ketones (excluding diaryl/α,β-unsaturated/α-hetero) is 2. The maximum Gasteiger partial charge on any atom is 1.00 e. The molecule has 5 heteroatoms. The van der Waals surface area contributed by atoms with Gasteiger partial charge in [-0.25, -0.2) is 0 Å². The van der Waals surface area contributed by atoms with Crippen LogP contribution in [-0.4, -0.2) is 35.6 Å². The summed E-state index contributed by atoms with van der Waals surface area (Å²) in [5, 5.41) is 0. The monoisotopic (exact) mass is 514 g/mol. The van der Waals surface area contributed by atoms with Crippen molar-refractivity contribution in [1.29, 1.82) is 0 Å². The molecule has 198 valence electrons. The Morgan fingerprint density at radius 3 is 1.65 bits per heavy atom. The van der Waals surface area contributed by atoms with Crippen LogP contribution in [0.5, 0.6) is 0 Å². The van der Waals surface area contributed by atoms with Gasteiger partial charge in [0.2, 0.25) is 0 Å². The number of carbonyl (C=O) groups is 2. The van der Waals surface area contributed by atoms with Gasteiger partial charge in [-0.3, -0.25) is 19.6 Å². The third-order valence-electron chi connectivity index (χ3n) is 6.31. The number of benzene rings is 2. The van der Waals surface area contributed by atoms with Gasteiger partial charge in [0, 0.05) is 12.4 Å². The summed E-state index contributed by atoms with van der Waals surface area (Å²) in [5.74, 6) is 0.354. The van der Waals surface area contributed by atoms with Gasteiger partial charge in [0.15, 0.2) is 11.6 Å². The molecule has 0 aliphatic carbocycles. The first kappa shape index (κ1) is 35.1. The van der Waals surface area contributed by atoms with Crippen molar-refractivity contribution in [2.45, 2.75) is 104 Å². The van der Waals surface area contributed by atoms with E-state index in [4.69, 9.17) is 4.99 Å². The molecule has 0 saturated carbocycles. The first-order valence-corrected chi connectivity index (χ1v) is 13.6. The predicted molar refractivity (Wildman–Crippen MR) is 156 cm³/mol. The van der Waals surface area contributed by atoms with Crippen LogP contribution in [0, 0.1) is 0 Å². The van der Waals surface area contributed by atoms with E-state index in [1.807, 2.05) is 66.9 Å². The Kier molecular flexibility index (Phi) is 20.0. The van der Waals surface area contributed by atoms with Crippen LogP contribution in [0.1, 0.15) is 105 Å². The maximum atomic E-state index is 12.2. The fourth-order valence-electron chi connectivity index (χ4n) is 3.87. The minimum absolute atomic E-state index is 0. The molecular formula is C32H47N2NaO2. The fraction of sp³-hybridized carbons (Fsp3) is 0.500. The van der Waals surface area contributed by atoms with Crippen molar-refractivity contribution in [2.75, 3.05) is 0 Å². The van der Waals surface area contributed by atoms with Crippen LogP contribution in [-0.2, 0) is 9.59 Å². The molecule has 0 heterocycles. The van der Waals surface area contributed by atoms with Crippen molar-refractivity contribution < 1.29 is 40.6 Å². The van der Waals surface area contributed by atoms with Gasteiger partial charge < -0.3 is 1.43 Å². The molecule has 2 rings (SSSR count). The van der Waals surface area contributed by atoms with Gasteiger partial charge >= 0.3 is 29.6 Å². The van der Waals surface area contributed by atoms with Crippen molar-refractivity contribution in [3.63, 3.8) is 0 Å². The molecule has 1 atom stereocenters. The number of rotatable bonds is 15. The van der Waals surface area contributed by atoms with Crippen LogP contribution in [0.2, 0.25) is 0 Å². The van der Waals surface area contributed by atoms with E-state index in [1.165, 1.54) is 0 Å². The molecule has 2 aromatic rings. The largest absolute Gasteiger partial charge is 1.00 e. The Hall–Kier alpha value is -1.88. The SMILES string of the molecule is CCCCC(CCCC)(N=Cc1ccccc1)C(C)=O.CCCCC(N=Cc1ccccc1)C(C)=O.[H-].[Na+]. The number of hydrogen-bond donors (Lipinski definition) is 0. The van der Waals surface area contributed by atoms with Gasteiger partial charge in [-0.05, 0) is 44.2 Å². The average molecular weight is 515 g/mol. The Bertz CT molecular complexity index is 925. The molecule has 1 unspecified atom stereocenters. The number of aliphatic imine (C=N–C) groups is 2. The van der Waals surface area contributed by atoms with E-state index in [9.17, 15) is 9.59 Å². The maximum absolute atomic E-state index is 12.2. The van der Waals surface area contributed by atoms with Crippen molar-refractivity contribution >= 4 is 24.0 Å². The zero-order valence-corrected chi connectivity index (χ0v) is 26.1. The molecule has 0 aromatic heterocycles. The molecule has 37 heavy (non-hydrogen) atoms. The fourth-order valence-corrected chi connectivity index (χ4v) is 3.87. The van der Waals surface area contributed by atoms with Gasteiger partial charge in [0.05, 0.1) is 0 Å². The number of ketones is 2. The molecule has 0 fully saturated rings. The standard InChI is InChI=1S/C18H27NO.C14H19NO.Na.H/c1-4-6-13-18(16(3)20,14-7-5-2)19-15-17-11-9-8-10-12-17;1-3-4-10-14(12(2)16)15-11-13-8-6-5-7-9-13;;/h8-12,15H,4-7,13-14H2,1-3H3;5-9,11,14H,3-4,10H2,1-2H3;;/q;;+1;-1. The summed E-state index contributed by atoms with van der Waals surface area (Å²) in [6.45, 7) is 9.74. The summed E-state index contributed by atoms with van der Waals surface area (Å²) in [4.78, 5) is 32.6. The zero-order valence-electron chi connectivity index (χ0n) is 25.1. The summed E-state index contributed by atoms with van der Waals surface area (Å²) < 4.78 is 0. The molecule has 0 amide bonds. The summed E-state index contributed by atoms with van der Waals surface area (Å²) >= 11 is 0. The van der Waals surface area contributed by atoms with Crippen molar-refractivity contribution in [3.05, 3.63) is 71.8 Å². The van der Waals surface area contributed by atoms with E-state index in [0.29, 0.717) is 0 Å². The molecule has 0 N–H and O–H groups in total. The van der Waals surface area contributed by atoms with E-state index in [2.05, 4.69) is 25.8 Å². The van der Waals surface area contributed by atoms with Gasteiger partial charge in [-0.15, -0.1) is 0 Å². The van der Waals surface area contributed by atoms with Crippen molar-refractivity contribution in [2.24, 2.45) is 9.98 Å². The van der Waals surface area contributed by atoms with Crippen LogP contribution >= 0.6 is 0 Å². The summed E-state index contributed by atoms with van der Waals surface area (Å²) in [6.07, 6.45) is 12.7. The summed E-state index contributed by atoms with van der Waals surface area (Å²) in [7, 11) is 0. The van der Waals surface area contributed by atoms with E-state index in [0.717, 1.165) is 68.9 Å². The third-order valence-corrected chi connectivity index (χ3v) is 6.31. The van der Waals surface area contributed by atoms with Crippen molar-refractivity contribution in [3.8, 4) is 0 Å². The summed E-state index contributed by atoms with van der Waals surface area (Å²) in [6, 6.07) is 19.7. The number of hydrogen-bond acceptors (Lipinski definition) is 4. The first-order valence-electron chi connectivity index (χ1n) is 13.6. The number of carbonyl (C=O) groups excluding carboxylic acids is 2. The van der Waals surface area contributed by atoms with Crippen LogP contribution in [0.15, 0.2) is 70.6 Å². The van der Waals surface area contributed by atoms with E-state index in [-0.39, 0.29) is 48.6 Å². The Morgan fingerprint density at radius 2 is 1.24 bits per heavy atom. The molecule has 0 saturated heterocycles. The summed E-state index contributed by atoms with van der Waals surface area (Å²) in [5.41, 5.74) is 1.60. The van der Waals surface area contributed by atoms with Crippen LogP contribution in [0.4, 0.5) is 0 Å². The normalized spacial score (nSPS) is 12.0. The minimum atomic E-state index is -0.512. The van der Waals surface area contributed by atoms with Crippen LogP contribution < -0.4 is 29.6 Å². The topological polar surface area (TPSA) is 58.9 Å². The molecule has 0 spiro atoms. The van der Waals surface area contributed by atoms with Crippen LogP contribution in [0.25, 0.3) is 0 Å². The van der Waals surface area contributed by atoms with Gasteiger partial charge in [0.25, 0.3) is 0 Å². The molecule has 2 aromatic carbocycles. The van der Waals surface area contributed by atoms with Crippen molar-refractivity contribution in [1.82, 2.24) is 0 Å². The second-order valence-corrected chi connectivity index (χ2v) is 9.42. The molecular weight excluding hydrogens is 467 g/mol. The quantitative estimate of drug-likeness (QED) is 0.243. The average Bonchev–Trinajstić information content (AvgIpc) is 2.89. The molecule has 4 nitrogen and oxygen atoms in total. The van der Waals surface area contributed by atoms with E-state index >= 15 is 0 Å². The van der Waals surface area contributed by atoms with E-state index in [1.54, 1.807) is 20.1 Å². The molecule has 0 radical (unpaired) electrons. The first-order chi connectivity index (χ1) is 17.4. The Morgan fingerprint density at radius 1 is 0.784 bits per heavy atom. The van der Waals surface area contributed by atoms with Crippen LogP contribution in [0.3, 0.4) is 0 Å². The van der Waals surface area contributed by atoms with Gasteiger partial charge in [-0.1, -0.05) is 120 Å². The predicted octanol–water partition coefficient (Wildman–Crippen LogP) is 5.18. The third kappa shape index (κ3) is 14.6. The second-order valence-electron chi connectivity index (χ2n) is 9.42. The van der Waals surface area contributed by atoms with Gasteiger partial charge in [-0.2, -0.15) is 0 Å². The molecule has 0 bridgehead atoms. The molecule has 0 aliphatic heterocycles. The Balaban J connectivity index is 0. The Labute approximate surface area is 249 Å². The second kappa shape index (κ2) is 21.1. The van der Waals surface area contributed by atoms with Gasteiger partial charge in [0.1, 0.15) is 11.6 Å². The zero-order chi connectivity index (χ0) is 26.7. The van der Waals surface area contributed by atoms with E-state index < -0.39 is 5.54 Å². The number of nitrogens with zero attached hydrogens (tertiary/aromatic N) is 2. The number of unbranched alkanes of at least 4 members (excludes halogenated alkanes) is 3.